The first-order valence-corrected chi connectivity index (χ1v) is 5.15. The quantitative estimate of drug-likeness (QED) is 0.778. The van der Waals surface area contributed by atoms with Gasteiger partial charge in [0.15, 0.2) is 0 Å². The van der Waals surface area contributed by atoms with Crippen LogP contribution in [-0.2, 0) is 11.2 Å². The molecule has 0 spiro atoms. The second kappa shape index (κ2) is 5.43. The molecule has 0 radical (unpaired) electrons. The van der Waals surface area contributed by atoms with E-state index in [9.17, 15) is 4.79 Å². The van der Waals surface area contributed by atoms with Crippen molar-refractivity contribution in [1.82, 2.24) is 0 Å². The summed E-state index contributed by atoms with van der Waals surface area (Å²) in [5, 5.41) is 2.92. The summed E-state index contributed by atoms with van der Waals surface area (Å²) in [7, 11) is 0. The lowest BCUT2D eigenvalue weighted by atomic mass is 10.1. The van der Waals surface area contributed by atoms with Gasteiger partial charge in [-0.3, -0.25) is 4.79 Å². The number of rotatable bonds is 4. The van der Waals surface area contributed by atoms with Crippen molar-refractivity contribution in [1.29, 1.82) is 0 Å². The van der Waals surface area contributed by atoms with Crippen LogP contribution in [0.4, 0.5) is 5.69 Å². The van der Waals surface area contributed by atoms with Crippen molar-refractivity contribution in [2.45, 2.75) is 33.1 Å². The SMILES string of the molecule is CCCC(=O)Nc1ccccc1CC. The van der Waals surface area contributed by atoms with Crippen LogP contribution in [0.2, 0.25) is 0 Å². The van der Waals surface area contributed by atoms with E-state index in [2.05, 4.69) is 12.2 Å². The maximum Gasteiger partial charge on any atom is 0.224 e. The van der Waals surface area contributed by atoms with Crippen molar-refractivity contribution >= 4 is 11.6 Å². The third kappa shape index (κ3) is 2.87. The van der Waals surface area contributed by atoms with Gasteiger partial charge in [0.1, 0.15) is 0 Å². The summed E-state index contributed by atoms with van der Waals surface area (Å²) in [5.41, 5.74) is 2.14. The maximum atomic E-state index is 11.4. The lowest BCUT2D eigenvalue weighted by Crippen LogP contribution is -2.11. The molecule has 0 saturated heterocycles. The predicted octanol–water partition coefficient (Wildman–Crippen LogP) is 2.99. The second-order valence-electron chi connectivity index (χ2n) is 3.31. The molecule has 0 aliphatic rings. The van der Waals surface area contributed by atoms with Crippen LogP contribution in [-0.4, -0.2) is 5.91 Å². The van der Waals surface area contributed by atoms with Crippen molar-refractivity contribution in [2.24, 2.45) is 0 Å². The molecule has 76 valence electrons. The van der Waals surface area contributed by atoms with Gasteiger partial charge in [0.2, 0.25) is 5.91 Å². The smallest absolute Gasteiger partial charge is 0.224 e. The van der Waals surface area contributed by atoms with Gasteiger partial charge in [0, 0.05) is 12.1 Å². The first-order chi connectivity index (χ1) is 6.77. The fourth-order valence-electron chi connectivity index (χ4n) is 1.39. The molecule has 1 rings (SSSR count). The van der Waals surface area contributed by atoms with Gasteiger partial charge in [-0.25, -0.2) is 0 Å². The van der Waals surface area contributed by atoms with Gasteiger partial charge in [-0.05, 0) is 24.5 Å². The molecule has 1 aromatic carbocycles. The normalized spacial score (nSPS) is 9.86. The van der Waals surface area contributed by atoms with Gasteiger partial charge >= 0.3 is 0 Å². The Bertz CT molecular complexity index is 307. The minimum Gasteiger partial charge on any atom is -0.326 e. The summed E-state index contributed by atoms with van der Waals surface area (Å²) >= 11 is 0. The van der Waals surface area contributed by atoms with E-state index in [1.165, 1.54) is 5.56 Å². The molecule has 0 atom stereocenters. The number of para-hydroxylation sites is 1. The number of amides is 1. The Morgan fingerprint density at radius 2 is 2.00 bits per heavy atom. The number of hydrogen-bond donors (Lipinski definition) is 1. The van der Waals surface area contributed by atoms with Crippen LogP contribution < -0.4 is 5.32 Å². The highest BCUT2D eigenvalue weighted by atomic mass is 16.1. The minimum absolute atomic E-state index is 0.105. The third-order valence-electron chi connectivity index (χ3n) is 2.15. The van der Waals surface area contributed by atoms with Crippen molar-refractivity contribution in [3.8, 4) is 0 Å². The molecule has 1 N–H and O–H groups in total. The monoisotopic (exact) mass is 191 g/mol. The van der Waals surface area contributed by atoms with Crippen molar-refractivity contribution in [3.05, 3.63) is 29.8 Å². The first kappa shape index (κ1) is 10.8. The Labute approximate surface area is 85.3 Å². The molecule has 0 fully saturated rings. The number of benzene rings is 1. The third-order valence-corrected chi connectivity index (χ3v) is 2.15. The van der Waals surface area contributed by atoms with Gasteiger partial charge in [-0.2, -0.15) is 0 Å². The molecule has 2 nitrogen and oxygen atoms in total. The van der Waals surface area contributed by atoms with Crippen LogP contribution in [0.5, 0.6) is 0 Å². The molecule has 0 heterocycles. The summed E-state index contributed by atoms with van der Waals surface area (Å²) in [6.45, 7) is 4.09. The fraction of sp³-hybridized carbons (Fsp3) is 0.417. The molecule has 0 aliphatic heterocycles. The highest BCUT2D eigenvalue weighted by molar-refractivity contribution is 5.91. The molecule has 14 heavy (non-hydrogen) atoms. The largest absolute Gasteiger partial charge is 0.326 e. The number of aryl methyl sites for hydroxylation is 1. The molecular formula is C12H17NO. The predicted molar refractivity (Wildman–Crippen MR) is 59.4 cm³/mol. The van der Waals surface area contributed by atoms with Crippen LogP contribution >= 0.6 is 0 Å². The summed E-state index contributed by atoms with van der Waals surface area (Å²) in [6.07, 6.45) is 2.43. The number of hydrogen-bond acceptors (Lipinski definition) is 1. The Morgan fingerprint density at radius 3 is 2.64 bits per heavy atom. The molecule has 0 unspecified atom stereocenters. The van der Waals surface area contributed by atoms with E-state index in [0.29, 0.717) is 6.42 Å². The van der Waals surface area contributed by atoms with Crippen LogP contribution in [0.3, 0.4) is 0 Å². The van der Waals surface area contributed by atoms with Gasteiger partial charge < -0.3 is 5.32 Å². The lowest BCUT2D eigenvalue weighted by molar-refractivity contribution is -0.116. The molecule has 0 aromatic heterocycles. The fourth-order valence-corrected chi connectivity index (χ4v) is 1.39. The summed E-state index contributed by atoms with van der Waals surface area (Å²) < 4.78 is 0. The van der Waals surface area contributed by atoms with E-state index in [1.807, 2.05) is 31.2 Å². The Balaban J connectivity index is 2.70. The van der Waals surface area contributed by atoms with Crippen LogP contribution in [0.1, 0.15) is 32.3 Å². The average Bonchev–Trinajstić information content (AvgIpc) is 2.19. The standard InChI is InChI=1S/C12H17NO/c1-3-7-12(14)13-11-9-6-5-8-10(11)4-2/h5-6,8-9H,3-4,7H2,1-2H3,(H,13,14). The zero-order chi connectivity index (χ0) is 10.4. The van der Waals surface area contributed by atoms with Crippen LogP contribution in [0, 0.1) is 0 Å². The highest BCUT2D eigenvalue weighted by Gasteiger charge is 2.03. The van der Waals surface area contributed by atoms with Crippen LogP contribution in [0.25, 0.3) is 0 Å². The van der Waals surface area contributed by atoms with Gasteiger partial charge in [0.25, 0.3) is 0 Å². The van der Waals surface area contributed by atoms with E-state index in [-0.39, 0.29) is 5.91 Å². The molecule has 0 saturated carbocycles. The van der Waals surface area contributed by atoms with E-state index in [1.54, 1.807) is 0 Å². The molecule has 0 bridgehead atoms. The summed E-state index contributed by atoms with van der Waals surface area (Å²) in [6, 6.07) is 7.93. The van der Waals surface area contributed by atoms with E-state index >= 15 is 0 Å². The van der Waals surface area contributed by atoms with E-state index in [4.69, 9.17) is 0 Å². The zero-order valence-electron chi connectivity index (χ0n) is 8.84. The first-order valence-electron chi connectivity index (χ1n) is 5.15. The lowest BCUT2D eigenvalue weighted by Gasteiger charge is -2.08. The van der Waals surface area contributed by atoms with E-state index in [0.717, 1.165) is 18.5 Å². The van der Waals surface area contributed by atoms with Gasteiger partial charge in [-0.15, -0.1) is 0 Å². The van der Waals surface area contributed by atoms with Crippen LogP contribution in [0.15, 0.2) is 24.3 Å². The molecule has 1 aromatic rings. The minimum atomic E-state index is 0.105. The Hall–Kier alpha value is -1.31. The van der Waals surface area contributed by atoms with E-state index < -0.39 is 0 Å². The summed E-state index contributed by atoms with van der Waals surface area (Å²) in [5.74, 6) is 0.105. The Morgan fingerprint density at radius 1 is 1.29 bits per heavy atom. The molecule has 2 heteroatoms. The van der Waals surface area contributed by atoms with Crippen molar-refractivity contribution in [3.63, 3.8) is 0 Å². The summed E-state index contributed by atoms with van der Waals surface area (Å²) in [4.78, 5) is 11.4. The molecule has 1 amide bonds. The zero-order valence-corrected chi connectivity index (χ0v) is 8.84. The number of carbonyl (C=O) groups is 1. The average molecular weight is 191 g/mol. The van der Waals surface area contributed by atoms with Gasteiger partial charge in [0.05, 0.1) is 0 Å². The molecule has 0 aliphatic carbocycles. The maximum absolute atomic E-state index is 11.4. The van der Waals surface area contributed by atoms with Gasteiger partial charge in [-0.1, -0.05) is 32.0 Å². The topological polar surface area (TPSA) is 29.1 Å². The Kier molecular flexibility index (Phi) is 4.17. The molecular weight excluding hydrogens is 174 g/mol. The highest BCUT2D eigenvalue weighted by Crippen LogP contribution is 2.15. The van der Waals surface area contributed by atoms with Crippen molar-refractivity contribution < 1.29 is 4.79 Å². The number of anilines is 1. The second-order valence-corrected chi connectivity index (χ2v) is 3.31. The van der Waals surface area contributed by atoms with Crippen molar-refractivity contribution in [2.75, 3.05) is 5.32 Å². The number of nitrogens with one attached hydrogen (secondary N) is 1. The number of carbonyl (C=O) groups excluding carboxylic acids is 1.